The van der Waals surface area contributed by atoms with E-state index in [4.69, 9.17) is 10.5 Å². The number of nitrogens with zero attached hydrogens (tertiary/aromatic N) is 2. The summed E-state index contributed by atoms with van der Waals surface area (Å²) >= 11 is 0. The van der Waals surface area contributed by atoms with Gasteiger partial charge in [-0.05, 0) is 31.9 Å². The molecule has 1 aliphatic carbocycles. The minimum atomic E-state index is -0.403. The van der Waals surface area contributed by atoms with Crippen LogP contribution in [0.15, 0.2) is 30.5 Å². The van der Waals surface area contributed by atoms with E-state index in [0.29, 0.717) is 35.5 Å². The molecule has 0 spiro atoms. The average molecular weight is 340 g/mol. The van der Waals surface area contributed by atoms with Crippen LogP contribution >= 0.6 is 0 Å². The van der Waals surface area contributed by atoms with Gasteiger partial charge in [0.05, 0.1) is 6.61 Å². The van der Waals surface area contributed by atoms with Crippen LogP contribution in [-0.4, -0.2) is 28.6 Å². The third-order valence-corrected chi connectivity index (χ3v) is 4.37. The molecule has 3 N–H and O–H groups in total. The van der Waals surface area contributed by atoms with Gasteiger partial charge in [0.1, 0.15) is 11.4 Å². The Bertz CT molecular complexity index is 742. The van der Waals surface area contributed by atoms with Crippen LogP contribution in [0.5, 0.6) is 0 Å². The van der Waals surface area contributed by atoms with Crippen LogP contribution in [0.25, 0.3) is 11.4 Å². The molecule has 3 rings (SSSR count). The summed E-state index contributed by atoms with van der Waals surface area (Å²) in [6.45, 7) is 2.10. The molecular formula is C19H24N4O2. The maximum Gasteiger partial charge on any atom is 0.343 e. The molecule has 0 unspecified atom stereocenters. The lowest BCUT2D eigenvalue weighted by Crippen LogP contribution is -2.25. The Kier molecular flexibility index (Phi) is 5.48. The van der Waals surface area contributed by atoms with E-state index in [1.165, 1.54) is 25.5 Å². The number of ether oxygens (including phenoxy) is 1. The van der Waals surface area contributed by atoms with Crippen molar-refractivity contribution in [2.24, 2.45) is 0 Å². The number of carbonyl (C=O) groups excluding carboxylic acids is 1. The lowest BCUT2D eigenvalue weighted by atomic mass is 9.95. The van der Waals surface area contributed by atoms with Gasteiger partial charge in [-0.1, -0.05) is 31.4 Å². The van der Waals surface area contributed by atoms with Crippen LogP contribution in [0.4, 0.5) is 11.5 Å². The number of benzene rings is 1. The number of rotatable bonds is 5. The second-order valence-corrected chi connectivity index (χ2v) is 6.28. The summed E-state index contributed by atoms with van der Waals surface area (Å²) in [6, 6.07) is 7.73. The molecular weight excluding hydrogens is 316 g/mol. The summed E-state index contributed by atoms with van der Waals surface area (Å²) in [7, 11) is 0. The molecule has 0 radical (unpaired) electrons. The van der Waals surface area contributed by atoms with Crippen molar-refractivity contribution in [3.63, 3.8) is 0 Å². The zero-order valence-corrected chi connectivity index (χ0v) is 14.5. The van der Waals surface area contributed by atoms with E-state index in [1.54, 1.807) is 6.92 Å². The molecule has 1 aromatic heterocycles. The monoisotopic (exact) mass is 340 g/mol. The standard InChI is InChI=1S/C19H24N4O2/c1-2-25-19(24)16-12-21-17(13-7-6-8-14(20)11-13)23-18(16)22-15-9-4-3-5-10-15/h6-8,11-12,15H,2-5,9-10,20H2,1H3,(H,21,22,23). The van der Waals surface area contributed by atoms with Crippen LogP contribution in [0.3, 0.4) is 0 Å². The fourth-order valence-electron chi connectivity index (χ4n) is 3.11. The Morgan fingerprint density at radius 3 is 2.84 bits per heavy atom. The number of carbonyl (C=O) groups is 1. The summed E-state index contributed by atoms with van der Waals surface area (Å²) in [6.07, 6.45) is 7.36. The summed E-state index contributed by atoms with van der Waals surface area (Å²) in [5.74, 6) is 0.677. The van der Waals surface area contributed by atoms with E-state index < -0.39 is 5.97 Å². The number of nitrogens with one attached hydrogen (secondary N) is 1. The van der Waals surface area contributed by atoms with Crippen LogP contribution in [0, 0.1) is 0 Å². The normalized spacial score (nSPS) is 14.9. The Morgan fingerprint density at radius 1 is 1.32 bits per heavy atom. The first-order chi connectivity index (χ1) is 12.2. The van der Waals surface area contributed by atoms with Crippen molar-refractivity contribution in [3.05, 3.63) is 36.0 Å². The maximum absolute atomic E-state index is 12.2. The zero-order chi connectivity index (χ0) is 17.6. The Balaban J connectivity index is 1.94. The van der Waals surface area contributed by atoms with Crippen molar-refractivity contribution in [3.8, 4) is 11.4 Å². The molecule has 0 atom stereocenters. The predicted octanol–water partition coefficient (Wildman–Crippen LogP) is 3.65. The lowest BCUT2D eigenvalue weighted by molar-refractivity contribution is 0.0526. The van der Waals surface area contributed by atoms with Gasteiger partial charge in [-0.2, -0.15) is 0 Å². The number of nitrogen functional groups attached to an aromatic ring is 1. The molecule has 25 heavy (non-hydrogen) atoms. The molecule has 0 saturated heterocycles. The molecule has 0 aliphatic heterocycles. The van der Waals surface area contributed by atoms with Gasteiger partial charge in [-0.15, -0.1) is 0 Å². The van der Waals surface area contributed by atoms with Crippen molar-refractivity contribution in [1.29, 1.82) is 0 Å². The topological polar surface area (TPSA) is 90.1 Å². The van der Waals surface area contributed by atoms with Crippen molar-refractivity contribution < 1.29 is 9.53 Å². The van der Waals surface area contributed by atoms with Crippen LogP contribution in [-0.2, 0) is 4.74 Å². The Hall–Kier alpha value is -2.63. The fourth-order valence-corrected chi connectivity index (χ4v) is 3.11. The Labute approximate surface area is 147 Å². The second kappa shape index (κ2) is 7.96. The molecule has 6 heteroatoms. The SMILES string of the molecule is CCOC(=O)c1cnc(-c2cccc(N)c2)nc1NC1CCCCC1. The van der Waals surface area contributed by atoms with E-state index in [9.17, 15) is 4.79 Å². The summed E-state index contributed by atoms with van der Waals surface area (Å²) in [4.78, 5) is 21.2. The van der Waals surface area contributed by atoms with E-state index in [1.807, 2.05) is 24.3 Å². The number of esters is 1. The molecule has 0 bridgehead atoms. The second-order valence-electron chi connectivity index (χ2n) is 6.28. The number of hydrogen-bond donors (Lipinski definition) is 2. The molecule has 1 saturated carbocycles. The van der Waals surface area contributed by atoms with Gasteiger partial charge >= 0.3 is 5.97 Å². The minimum absolute atomic E-state index is 0.318. The van der Waals surface area contributed by atoms with Gasteiger partial charge < -0.3 is 15.8 Å². The van der Waals surface area contributed by atoms with E-state index >= 15 is 0 Å². The zero-order valence-electron chi connectivity index (χ0n) is 14.5. The number of anilines is 2. The maximum atomic E-state index is 12.2. The van der Waals surface area contributed by atoms with Crippen molar-refractivity contribution >= 4 is 17.5 Å². The first kappa shape index (κ1) is 17.2. The lowest BCUT2D eigenvalue weighted by Gasteiger charge is -2.24. The number of aromatic nitrogens is 2. The molecule has 6 nitrogen and oxygen atoms in total. The molecule has 1 aromatic carbocycles. The van der Waals surface area contributed by atoms with Gasteiger partial charge in [-0.3, -0.25) is 0 Å². The highest BCUT2D eigenvalue weighted by Gasteiger charge is 2.20. The van der Waals surface area contributed by atoms with Crippen molar-refractivity contribution in [1.82, 2.24) is 9.97 Å². The van der Waals surface area contributed by atoms with Crippen molar-refractivity contribution in [2.45, 2.75) is 45.1 Å². The van der Waals surface area contributed by atoms with Crippen molar-refractivity contribution in [2.75, 3.05) is 17.7 Å². The average Bonchev–Trinajstić information content (AvgIpc) is 2.63. The third kappa shape index (κ3) is 4.26. The van der Waals surface area contributed by atoms with Gasteiger partial charge in [0.15, 0.2) is 5.82 Å². The van der Waals surface area contributed by atoms with Gasteiger partial charge in [0.2, 0.25) is 0 Å². The van der Waals surface area contributed by atoms with E-state index in [2.05, 4.69) is 15.3 Å². The van der Waals surface area contributed by atoms with Gasteiger partial charge in [-0.25, -0.2) is 14.8 Å². The molecule has 132 valence electrons. The molecule has 2 aromatic rings. The Morgan fingerprint density at radius 2 is 2.12 bits per heavy atom. The third-order valence-electron chi connectivity index (χ3n) is 4.37. The molecule has 0 amide bonds. The van der Waals surface area contributed by atoms with Crippen LogP contribution < -0.4 is 11.1 Å². The first-order valence-corrected chi connectivity index (χ1v) is 8.84. The van der Waals surface area contributed by atoms with E-state index in [0.717, 1.165) is 18.4 Å². The van der Waals surface area contributed by atoms with Crippen LogP contribution in [0.2, 0.25) is 0 Å². The van der Waals surface area contributed by atoms with E-state index in [-0.39, 0.29) is 0 Å². The highest BCUT2D eigenvalue weighted by Crippen LogP contribution is 2.25. The quantitative estimate of drug-likeness (QED) is 0.638. The van der Waals surface area contributed by atoms with Crippen LogP contribution in [0.1, 0.15) is 49.4 Å². The first-order valence-electron chi connectivity index (χ1n) is 8.84. The highest BCUT2D eigenvalue weighted by atomic mass is 16.5. The summed E-state index contributed by atoms with van der Waals surface area (Å²) < 4.78 is 5.14. The predicted molar refractivity (Wildman–Crippen MR) is 98.3 cm³/mol. The number of hydrogen-bond acceptors (Lipinski definition) is 6. The van der Waals surface area contributed by atoms with Gasteiger partial charge in [0, 0.05) is 23.5 Å². The minimum Gasteiger partial charge on any atom is -0.462 e. The fraction of sp³-hybridized carbons (Fsp3) is 0.421. The molecule has 1 aliphatic rings. The molecule has 1 heterocycles. The highest BCUT2D eigenvalue weighted by molar-refractivity contribution is 5.94. The summed E-state index contributed by atoms with van der Waals surface area (Å²) in [5, 5.41) is 3.43. The molecule has 1 fully saturated rings. The van der Waals surface area contributed by atoms with Gasteiger partial charge in [0.25, 0.3) is 0 Å². The number of nitrogens with two attached hydrogens (primary N) is 1. The smallest absolute Gasteiger partial charge is 0.343 e. The largest absolute Gasteiger partial charge is 0.462 e. The summed E-state index contributed by atoms with van der Waals surface area (Å²) in [5.41, 5.74) is 7.70.